The van der Waals surface area contributed by atoms with Crippen molar-refractivity contribution in [2.24, 2.45) is 0 Å². The van der Waals surface area contributed by atoms with Crippen molar-refractivity contribution in [2.75, 3.05) is 13.3 Å². The van der Waals surface area contributed by atoms with E-state index in [1.165, 1.54) is 12.1 Å². The molecular weight excluding hydrogens is 401 g/mol. The lowest BCUT2D eigenvalue weighted by Crippen LogP contribution is -2.33. The highest BCUT2D eigenvalue weighted by atomic mass is 32.1. The van der Waals surface area contributed by atoms with Crippen LogP contribution in [-0.4, -0.2) is 24.0 Å². The van der Waals surface area contributed by atoms with Crippen LogP contribution in [-0.2, 0) is 13.0 Å². The number of nitrogens with zero attached hydrogens (tertiary/aromatic N) is 1. The molecule has 3 heterocycles. The van der Waals surface area contributed by atoms with Crippen LogP contribution in [0.25, 0.3) is 6.08 Å². The Hall–Kier alpha value is -2.96. The number of halogens is 1. The molecule has 0 saturated heterocycles. The van der Waals surface area contributed by atoms with Crippen LogP contribution < -0.4 is 9.47 Å². The predicted molar refractivity (Wildman–Crippen MR) is 114 cm³/mol. The standard InChI is InChI=1S/C24H20FNO3S/c1-15-9-11-30-22(15)12-21-23(27)18-6-7-20-19(24(18)29-21)13-26(14-28-20)10-8-16-2-4-17(25)5-3-16/h2-7,9,11-12H,8,10,13-14H2,1H3/b21-12-. The highest BCUT2D eigenvalue weighted by Crippen LogP contribution is 2.42. The van der Waals surface area contributed by atoms with Gasteiger partial charge in [0, 0.05) is 24.0 Å². The van der Waals surface area contributed by atoms with Gasteiger partial charge in [-0.2, -0.15) is 0 Å². The second-order valence-electron chi connectivity index (χ2n) is 7.53. The van der Waals surface area contributed by atoms with E-state index in [0.29, 0.717) is 30.3 Å². The second kappa shape index (κ2) is 7.70. The fraction of sp³-hybridized carbons (Fsp3) is 0.208. The summed E-state index contributed by atoms with van der Waals surface area (Å²) in [5.74, 6) is 1.39. The molecule has 0 radical (unpaired) electrons. The average molecular weight is 421 g/mol. The van der Waals surface area contributed by atoms with Gasteiger partial charge in [-0.15, -0.1) is 11.3 Å². The van der Waals surface area contributed by atoms with Gasteiger partial charge in [0.2, 0.25) is 5.78 Å². The van der Waals surface area contributed by atoms with E-state index in [1.807, 2.05) is 30.5 Å². The minimum atomic E-state index is -0.229. The number of carbonyl (C=O) groups is 1. The molecule has 0 fully saturated rings. The van der Waals surface area contributed by atoms with Crippen molar-refractivity contribution in [1.82, 2.24) is 4.90 Å². The van der Waals surface area contributed by atoms with E-state index in [4.69, 9.17) is 9.47 Å². The molecule has 0 spiro atoms. The lowest BCUT2D eigenvalue weighted by molar-refractivity contribution is 0.0949. The van der Waals surface area contributed by atoms with Crippen LogP contribution in [0.15, 0.2) is 53.6 Å². The smallest absolute Gasteiger partial charge is 0.232 e. The van der Waals surface area contributed by atoms with Crippen molar-refractivity contribution in [3.8, 4) is 11.5 Å². The minimum Gasteiger partial charge on any atom is -0.478 e. The lowest BCUT2D eigenvalue weighted by Gasteiger charge is -2.29. The highest BCUT2D eigenvalue weighted by molar-refractivity contribution is 7.11. The summed E-state index contributed by atoms with van der Waals surface area (Å²) in [5, 5.41) is 2.00. The van der Waals surface area contributed by atoms with E-state index in [0.717, 1.165) is 40.3 Å². The summed E-state index contributed by atoms with van der Waals surface area (Å²) in [6, 6.07) is 12.2. The molecule has 5 rings (SSSR count). The van der Waals surface area contributed by atoms with Gasteiger partial charge in [0.1, 0.15) is 24.0 Å². The van der Waals surface area contributed by atoms with Gasteiger partial charge in [-0.3, -0.25) is 9.69 Å². The third kappa shape index (κ3) is 3.53. The number of Topliss-reactive ketones (excluding diaryl/α,β-unsaturated/α-hetero) is 1. The summed E-state index contributed by atoms with van der Waals surface area (Å²) in [6.45, 7) is 3.89. The molecular formula is C24H20FNO3S. The second-order valence-corrected chi connectivity index (χ2v) is 8.48. The summed E-state index contributed by atoms with van der Waals surface area (Å²) >= 11 is 1.59. The third-order valence-corrected chi connectivity index (χ3v) is 6.44. The first-order valence-corrected chi connectivity index (χ1v) is 10.7. The van der Waals surface area contributed by atoms with E-state index in [2.05, 4.69) is 4.90 Å². The summed E-state index contributed by atoms with van der Waals surface area (Å²) in [7, 11) is 0. The third-order valence-electron chi connectivity index (χ3n) is 5.48. The summed E-state index contributed by atoms with van der Waals surface area (Å²) in [6.07, 6.45) is 2.61. The Morgan fingerprint density at radius 1 is 1.17 bits per heavy atom. The fourth-order valence-corrected chi connectivity index (χ4v) is 4.59. The maximum atomic E-state index is 13.1. The number of hydrogen-bond donors (Lipinski definition) is 0. The number of aryl methyl sites for hydroxylation is 1. The van der Waals surface area contributed by atoms with Crippen molar-refractivity contribution in [3.05, 3.63) is 86.6 Å². The van der Waals surface area contributed by atoms with Crippen molar-refractivity contribution < 1.29 is 18.7 Å². The molecule has 0 bridgehead atoms. The molecule has 2 aliphatic rings. The zero-order chi connectivity index (χ0) is 20.7. The summed E-state index contributed by atoms with van der Waals surface area (Å²) < 4.78 is 25.1. The van der Waals surface area contributed by atoms with E-state index in [9.17, 15) is 9.18 Å². The summed E-state index contributed by atoms with van der Waals surface area (Å²) in [4.78, 5) is 16.0. The summed E-state index contributed by atoms with van der Waals surface area (Å²) in [5.41, 5.74) is 3.68. The Morgan fingerprint density at radius 3 is 2.77 bits per heavy atom. The number of fused-ring (bicyclic) bond motifs is 3. The molecule has 3 aromatic rings. The van der Waals surface area contributed by atoms with Crippen molar-refractivity contribution in [2.45, 2.75) is 19.9 Å². The Bertz CT molecular complexity index is 1150. The van der Waals surface area contributed by atoms with Gasteiger partial charge in [0.25, 0.3) is 0 Å². The number of allylic oxidation sites excluding steroid dienone is 1. The number of rotatable bonds is 4. The van der Waals surface area contributed by atoms with E-state index < -0.39 is 0 Å². The average Bonchev–Trinajstić information content (AvgIpc) is 3.31. The van der Waals surface area contributed by atoms with Crippen LogP contribution >= 0.6 is 11.3 Å². The Kier molecular flexibility index (Phi) is 4.89. The van der Waals surface area contributed by atoms with Gasteiger partial charge in [-0.05, 0) is 60.2 Å². The van der Waals surface area contributed by atoms with Crippen LogP contribution in [0.5, 0.6) is 11.5 Å². The van der Waals surface area contributed by atoms with E-state index >= 15 is 0 Å². The van der Waals surface area contributed by atoms with Gasteiger partial charge in [0.15, 0.2) is 5.76 Å². The number of thiophene rings is 1. The van der Waals surface area contributed by atoms with Crippen LogP contribution in [0.3, 0.4) is 0 Å². The van der Waals surface area contributed by atoms with Gasteiger partial charge in [-0.1, -0.05) is 12.1 Å². The van der Waals surface area contributed by atoms with Gasteiger partial charge < -0.3 is 9.47 Å². The molecule has 0 unspecified atom stereocenters. The molecule has 2 aliphatic heterocycles. The maximum Gasteiger partial charge on any atom is 0.232 e. The number of carbonyl (C=O) groups excluding carboxylic acids is 1. The molecule has 0 aliphatic carbocycles. The molecule has 4 nitrogen and oxygen atoms in total. The topological polar surface area (TPSA) is 38.8 Å². The number of ketones is 1. The zero-order valence-electron chi connectivity index (χ0n) is 16.5. The van der Waals surface area contributed by atoms with Crippen LogP contribution in [0.4, 0.5) is 4.39 Å². The van der Waals surface area contributed by atoms with Crippen molar-refractivity contribution >= 4 is 23.2 Å². The first-order valence-electron chi connectivity index (χ1n) is 9.82. The van der Waals surface area contributed by atoms with Crippen LogP contribution in [0, 0.1) is 12.7 Å². The largest absolute Gasteiger partial charge is 0.478 e. The molecule has 0 amide bonds. The molecule has 6 heteroatoms. The van der Waals surface area contributed by atoms with Crippen LogP contribution in [0.1, 0.15) is 31.9 Å². The Labute approximate surface area is 178 Å². The highest BCUT2D eigenvalue weighted by Gasteiger charge is 2.33. The van der Waals surface area contributed by atoms with Gasteiger partial charge in [-0.25, -0.2) is 4.39 Å². The normalized spacial score (nSPS) is 16.9. The molecule has 152 valence electrons. The zero-order valence-corrected chi connectivity index (χ0v) is 17.3. The number of ether oxygens (including phenoxy) is 2. The number of benzene rings is 2. The molecule has 30 heavy (non-hydrogen) atoms. The first kappa shape index (κ1) is 19.0. The predicted octanol–water partition coefficient (Wildman–Crippen LogP) is 5.21. The SMILES string of the molecule is Cc1ccsc1/C=C1\Oc2c(ccc3c2CN(CCc2ccc(F)cc2)CO3)C1=O. The first-order chi connectivity index (χ1) is 14.6. The van der Waals surface area contributed by atoms with Crippen molar-refractivity contribution in [1.29, 1.82) is 0 Å². The maximum absolute atomic E-state index is 13.1. The molecule has 2 aromatic carbocycles. The molecule has 0 saturated carbocycles. The van der Waals surface area contributed by atoms with E-state index in [-0.39, 0.29) is 11.6 Å². The molecule has 1 aromatic heterocycles. The molecule has 0 atom stereocenters. The van der Waals surface area contributed by atoms with Gasteiger partial charge >= 0.3 is 0 Å². The molecule has 0 N–H and O–H groups in total. The Morgan fingerprint density at radius 2 is 2.00 bits per heavy atom. The Balaban J connectivity index is 1.36. The monoisotopic (exact) mass is 421 g/mol. The fourth-order valence-electron chi connectivity index (χ4n) is 3.74. The number of hydrogen-bond acceptors (Lipinski definition) is 5. The van der Waals surface area contributed by atoms with Gasteiger partial charge in [0.05, 0.1) is 11.1 Å². The van der Waals surface area contributed by atoms with Crippen LogP contribution in [0.2, 0.25) is 0 Å². The lowest BCUT2D eigenvalue weighted by atomic mass is 10.0. The minimum absolute atomic E-state index is 0.0935. The van der Waals surface area contributed by atoms with E-state index in [1.54, 1.807) is 29.5 Å². The van der Waals surface area contributed by atoms with Crippen molar-refractivity contribution in [3.63, 3.8) is 0 Å². The quantitative estimate of drug-likeness (QED) is 0.543.